The molecule has 2 aliphatic rings. The van der Waals surface area contributed by atoms with Crippen molar-refractivity contribution in [3.8, 4) is 0 Å². The molecule has 0 radical (unpaired) electrons. The summed E-state index contributed by atoms with van der Waals surface area (Å²) in [6, 6.07) is 10.7. The Kier molecular flexibility index (Phi) is 9.65. The number of piperidine rings is 1. The minimum absolute atomic E-state index is 0.0519. The lowest BCUT2D eigenvalue weighted by atomic mass is 9.94. The maximum absolute atomic E-state index is 14.4. The molecule has 2 aliphatic heterocycles. The monoisotopic (exact) mass is 549 g/mol. The molecule has 0 aromatic heterocycles. The fourth-order valence-corrected chi connectivity index (χ4v) is 5.97. The van der Waals surface area contributed by atoms with Crippen LogP contribution in [0.5, 0.6) is 0 Å². The molecule has 208 valence electrons. The molecule has 2 heterocycles. The van der Waals surface area contributed by atoms with Crippen molar-refractivity contribution in [3.63, 3.8) is 0 Å². The highest BCUT2D eigenvalue weighted by atomic mass is 32.2. The second-order valence-electron chi connectivity index (χ2n) is 9.37. The fourth-order valence-electron chi connectivity index (χ4n) is 5.00. The van der Waals surface area contributed by atoms with Gasteiger partial charge in [0.25, 0.3) is 5.91 Å². The van der Waals surface area contributed by atoms with Gasteiger partial charge in [0.05, 0.1) is 23.8 Å². The van der Waals surface area contributed by atoms with Gasteiger partial charge in [-0.15, -0.1) is 0 Å². The van der Waals surface area contributed by atoms with Gasteiger partial charge in [-0.05, 0) is 69.2 Å². The second-order valence-corrected chi connectivity index (χ2v) is 11.2. The highest BCUT2D eigenvalue weighted by Gasteiger charge is 2.37. The zero-order valence-electron chi connectivity index (χ0n) is 21.3. The molecule has 0 saturated carbocycles. The first kappa shape index (κ1) is 28.4. The number of aliphatic hydroxyl groups excluding tert-OH is 1. The number of hydrazine groups is 1. The lowest BCUT2D eigenvalue weighted by Gasteiger charge is -2.35. The van der Waals surface area contributed by atoms with Gasteiger partial charge < -0.3 is 21.1 Å². The largest absolute Gasteiger partial charge is 0.395 e. The third-order valence-corrected chi connectivity index (χ3v) is 8.53. The normalized spacial score (nSPS) is 20.9. The van der Waals surface area contributed by atoms with Gasteiger partial charge in [0.1, 0.15) is 5.82 Å². The number of hydrogen-bond acceptors (Lipinski definition) is 9. The molecule has 13 heteroatoms. The van der Waals surface area contributed by atoms with Crippen molar-refractivity contribution in [1.82, 2.24) is 31.1 Å². The van der Waals surface area contributed by atoms with Crippen LogP contribution in [0.1, 0.15) is 28.8 Å². The number of rotatable bonds is 11. The summed E-state index contributed by atoms with van der Waals surface area (Å²) in [5, 5.41) is 19.0. The summed E-state index contributed by atoms with van der Waals surface area (Å²) in [4.78, 5) is 14.8. The number of benzene rings is 2. The molecule has 0 spiro atoms. The van der Waals surface area contributed by atoms with Gasteiger partial charge in [-0.3, -0.25) is 9.69 Å². The Bertz CT molecular complexity index is 1210. The van der Waals surface area contributed by atoms with Gasteiger partial charge >= 0.3 is 0 Å². The van der Waals surface area contributed by atoms with E-state index in [2.05, 4.69) is 36.4 Å². The van der Waals surface area contributed by atoms with Crippen LogP contribution < -0.4 is 31.5 Å². The first-order valence-electron chi connectivity index (χ1n) is 12.8. The van der Waals surface area contributed by atoms with Gasteiger partial charge in [0.15, 0.2) is 0 Å². The first-order chi connectivity index (χ1) is 18.3. The quantitative estimate of drug-likeness (QED) is 0.208. The number of halogens is 1. The number of anilines is 1. The van der Waals surface area contributed by atoms with Crippen LogP contribution in [-0.4, -0.2) is 76.5 Å². The van der Waals surface area contributed by atoms with E-state index in [1.807, 2.05) is 6.07 Å². The van der Waals surface area contributed by atoms with Gasteiger partial charge in [-0.25, -0.2) is 28.4 Å². The van der Waals surface area contributed by atoms with Crippen molar-refractivity contribution < 1.29 is 22.7 Å². The molecular formula is C25H36FN7O4S. The van der Waals surface area contributed by atoms with E-state index in [0.29, 0.717) is 24.6 Å². The zero-order chi connectivity index (χ0) is 27.1. The van der Waals surface area contributed by atoms with E-state index in [4.69, 9.17) is 0 Å². The molecule has 11 nitrogen and oxygen atoms in total. The van der Waals surface area contributed by atoms with Crippen molar-refractivity contribution in [2.45, 2.75) is 36.6 Å². The second kappa shape index (κ2) is 12.9. The van der Waals surface area contributed by atoms with Crippen molar-refractivity contribution in [1.29, 1.82) is 0 Å². The Labute approximate surface area is 222 Å². The van der Waals surface area contributed by atoms with E-state index in [1.54, 1.807) is 18.2 Å². The number of carbonyl (C=O) groups excluding carboxylic acids is 1. The van der Waals surface area contributed by atoms with E-state index in [9.17, 15) is 22.7 Å². The average Bonchev–Trinajstić information content (AvgIpc) is 3.34. The van der Waals surface area contributed by atoms with Crippen molar-refractivity contribution in [2.75, 3.05) is 45.2 Å². The van der Waals surface area contributed by atoms with Crippen LogP contribution in [0.3, 0.4) is 0 Å². The van der Waals surface area contributed by atoms with Crippen LogP contribution in [0.15, 0.2) is 47.4 Å². The number of aliphatic hydroxyl groups is 1. The van der Waals surface area contributed by atoms with E-state index in [1.165, 1.54) is 19.2 Å². The summed E-state index contributed by atoms with van der Waals surface area (Å²) in [6.07, 6.45) is 2.19. The summed E-state index contributed by atoms with van der Waals surface area (Å²) in [5.74, 6) is -0.700. The van der Waals surface area contributed by atoms with Gasteiger partial charge in [0.2, 0.25) is 10.0 Å². The summed E-state index contributed by atoms with van der Waals surface area (Å²) in [5.41, 5.74) is 7.67. The van der Waals surface area contributed by atoms with Gasteiger partial charge in [-0.2, -0.15) is 0 Å². The molecule has 0 bridgehead atoms. The molecule has 2 saturated heterocycles. The number of β-amino-alcohol motifs (C(OH)–C–C–N with tert-alkyl or cyclic N) is 1. The van der Waals surface area contributed by atoms with Crippen molar-refractivity contribution >= 4 is 21.6 Å². The summed E-state index contributed by atoms with van der Waals surface area (Å²) < 4.78 is 41.1. The molecule has 2 fully saturated rings. The smallest absolute Gasteiger partial charge is 0.251 e. The van der Waals surface area contributed by atoms with Crippen LogP contribution in [0.4, 0.5) is 10.1 Å². The Morgan fingerprint density at radius 2 is 1.92 bits per heavy atom. The number of sulfonamides is 1. The summed E-state index contributed by atoms with van der Waals surface area (Å²) >= 11 is 0. The number of carbonyl (C=O) groups is 1. The Morgan fingerprint density at radius 3 is 2.66 bits per heavy atom. The summed E-state index contributed by atoms with van der Waals surface area (Å²) in [7, 11) is -2.65. The minimum Gasteiger partial charge on any atom is -0.395 e. The van der Waals surface area contributed by atoms with Gasteiger partial charge in [0, 0.05) is 36.4 Å². The lowest BCUT2D eigenvalue weighted by molar-refractivity contribution is 0.0950. The Balaban J connectivity index is 1.38. The molecule has 1 amide bonds. The van der Waals surface area contributed by atoms with Crippen LogP contribution in [0, 0.1) is 11.7 Å². The van der Waals surface area contributed by atoms with Gasteiger partial charge in [-0.1, -0.05) is 12.1 Å². The molecular weight excluding hydrogens is 513 g/mol. The predicted molar refractivity (Wildman–Crippen MR) is 142 cm³/mol. The molecule has 4 rings (SSSR count). The van der Waals surface area contributed by atoms with Crippen LogP contribution in [0.25, 0.3) is 0 Å². The number of amides is 1. The molecule has 7 N–H and O–H groups in total. The maximum Gasteiger partial charge on any atom is 0.251 e. The topological polar surface area (TPSA) is 147 Å². The predicted octanol–water partition coefficient (Wildman–Crippen LogP) is 0.130. The maximum atomic E-state index is 14.4. The van der Waals surface area contributed by atoms with Crippen molar-refractivity contribution in [2.24, 2.45) is 5.92 Å². The van der Waals surface area contributed by atoms with Crippen LogP contribution >= 0.6 is 0 Å². The molecule has 2 aromatic rings. The minimum atomic E-state index is -3.89. The Morgan fingerprint density at radius 1 is 1.16 bits per heavy atom. The lowest BCUT2D eigenvalue weighted by Crippen LogP contribution is -2.49. The number of hydrogen-bond donors (Lipinski definition) is 7. The summed E-state index contributed by atoms with van der Waals surface area (Å²) in [6.45, 7) is 2.79. The van der Waals surface area contributed by atoms with E-state index in [0.717, 1.165) is 37.7 Å². The van der Waals surface area contributed by atoms with E-state index in [-0.39, 0.29) is 35.9 Å². The average molecular weight is 550 g/mol. The fraction of sp³-hybridized carbons (Fsp3) is 0.480. The zero-order valence-corrected chi connectivity index (χ0v) is 22.2. The van der Waals surface area contributed by atoms with Crippen molar-refractivity contribution in [3.05, 3.63) is 59.4 Å². The molecule has 0 aliphatic carbocycles. The van der Waals surface area contributed by atoms with Crippen LogP contribution in [0.2, 0.25) is 0 Å². The van der Waals surface area contributed by atoms with E-state index < -0.39 is 21.7 Å². The highest BCUT2D eigenvalue weighted by Crippen LogP contribution is 2.23. The molecule has 2 unspecified atom stereocenters. The SMILES string of the molecule is CNS(=O)(=O)c1cccc(F)c1CNC(=O)c1cccc(NCC2NNC(C3CCNCC3)N2CCO)c1. The molecule has 2 atom stereocenters. The number of nitrogens with one attached hydrogen (secondary N) is 6. The standard InChI is InChI=1S/C25H36FN7O4S/c1-27-38(36,37)22-7-3-6-21(26)20(22)15-30-25(35)18-4-2-5-19(14-18)29-16-23-31-32-24(33(23)12-13-34)17-8-10-28-11-9-17/h2-7,14,17,23-24,27-29,31-32,34H,8-13,15-16H2,1H3,(H,30,35). The molecule has 2 aromatic carbocycles. The molecule has 38 heavy (non-hydrogen) atoms. The van der Waals surface area contributed by atoms with Crippen LogP contribution in [-0.2, 0) is 16.6 Å². The third kappa shape index (κ3) is 6.67. The first-order valence-corrected chi connectivity index (χ1v) is 14.2. The van der Waals surface area contributed by atoms with E-state index >= 15 is 0 Å². The number of nitrogens with zero attached hydrogens (tertiary/aromatic N) is 1. The highest BCUT2D eigenvalue weighted by molar-refractivity contribution is 7.89. The third-order valence-electron chi connectivity index (χ3n) is 7.03. The Hall–Kier alpha value is -2.65.